The molecule has 20 heteroatoms. The van der Waals surface area contributed by atoms with E-state index in [1.165, 1.54) is 7.05 Å². The smallest absolute Gasteiger partial charge is 0.407 e. The van der Waals surface area contributed by atoms with E-state index in [-0.39, 0.29) is 0 Å². The Hall–Kier alpha value is -4.56. The number of nitrogens with one attached hydrogen (secondary N) is 1. The van der Waals surface area contributed by atoms with Gasteiger partial charge in [0.15, 0.2) is 42.9 Å². The van der Waals surface area contributed by atoms with E-state index in [1.807, 2.05) is 0 Å². The molecule has 1 N–H and O–H groups in total. The summed E-state index contributed by atoms with van der Waals surface area (Å²) in [4.78, 5) is 96.8. The fourth-order valence-electron chi connectivity index (χ4n) is 4.72. The maximum atomic E-state index is 12.3. The summed E-state index contributed by atoms with van der Waals surface area (Å²) in [5, 5.41) is 2.20. The summed E-state index contributed by atoms with van der Waals surface area (Å²) in [6.45, 7) is 6.01. The maximum Gasteiger partial charge on any atom is 0.407 e. The van der Waals surface area contributed by atoms with E-state index in [4.69, 9.17) is 52.1 Å². The van der Waals surface area contributed by atoms with Crippen LogP contribution in [0.1, 0.15) is 48.5 Å². The molecule has 2 heterocycles. The average molecular weight is 694 g/mol. The van der Waals surface area contributed by atoms with E-state index in [0.29, 0.717) is 0 Å². The molecule has 0 saturated carbocycles. The fourth-order valence-corrected chi connectivity index (χ4v) is 4.72. The molecule has 0 aliphatic carbocycles. The summed E-state index contributed by atoms with van der Waals surface area (Å²) < 4.78 is 60.3. The standard InChI is InChI=1S/C28H39NO19/c1-11(30)38-9-18-20(40-13(3)32)22(41-14(4)33)25(26(45-18)44-17(7)36)47-27-24(43-16(6)35)23(42-15(5)34)21(48-28(37)29-8)19(46-27)10-39-12(2)31/h18-27H,9-10H2,1-8H3,(H,29,37)/t18-,19-,20+,21-,22-,23+,24+,25-,26+,27+/m1/s1. The van der Waals surface area contributed by atoms with Crippen molar-refractivity contribution < 1.29 is 90.5 Å². The molecule has 0 radical (unpaired) electrons. The lowest BCUT2D eigenvalue weighted by Crippen LogP contribution is -2.67. The molecule has 1 amide bonds. The summed E-state index contributed by atoms with van der Waals surface area (Å²) in [5.41, 5.74) is 0. The molecule has 48 heavy (non-hydrogen) atoms. The minimum absolute atomic E-state index is 0.566. The number of carbonyl (C=O) groups is 8. The van der Waals surface area contributed by atoms with Gasteiger partial charge in [-0.3, -0.25) is 33.6 Å². The molecule has 2 rings (SSSR count). The zero-order chi connectivity index (χ0) is 36.3. The Balaban J connectivity index is 2.73. The van der Waals surface area contributed by atoms with Crippen molar-refractivity contribution in [1.82, 2.24) is 5.32 Å². The van der Waals surface area contributed by atoms with Crippen molar-refractivity contribution in [3.8, 4) is 0 Å². The molecule has 20 nitrogen and oxygen atoms in total. The fraction of sp³-hybridized carbons (Fsp3) is 0.714. The van der Waals surface area contributed by atoms with Crippen LogP contribution in [0.5, 0.6) is 0 Å². The van der Waals surface area contributed by atoms with E-state index in [1.54, 1.807) is 0 Å². The molecule has 2 saturated heterocycles. The third-order valence-corrected chi connectivity index (χ3v) is 6.31. The van der Waals surface area contributed by atoms with Gasteiger partial charge in [-0.1, -0.05) is 0 Å². The molecule has 0 aromatic rings. The number of hydrogen-bond acceptors (Lipinski definition) is 19. The number of amides is 1. The third-order valence-electron chi connectivity index (χ3n) is 6.31. The molecule has 0 aromatic carbocycles. The van der Waals surface area contributed by atoms with Crippen LogP contribution < -0.4 is 5.32 Å². The molecule has 0 spiro atoms. The number of rotatable bonds is 12. The highest BCUT2D eigenvalue weighted by molar-refractivity contribution is 5.70. The summed E-state index contributed by atoms with van der Waals surface area (Å²) in [5.74, 6) is -6.20. The number of esters is 7. The van der Waals surface area contributed by atoms with Gasteiger partial charge in [-0.2, -0.15) is 0 Å². The highest BCUT2D eigenvalue weighted by Crippen LogP contribution is 2.35. The molecule has 0 unspecified atom stereocenters. The first-order chi connectivity index (χ1) is 22.4. The second kappa shape index (κ2) is 18.1. The predicted octanol–water partition coefficient (Wildman–Crippen LogP) is -1.04. The van der Waals surface area contributed by atoms with Crippen molar-refractivity contribution in [2.75, 3.05) is 20.3 Å². The van der Waals surface area contributed by atoms with Crippen molar-refractivity contribution in [2.24, 2.45) is 0 Å². The first-order valence-electron chi connectivity index (χ1n) is 14.4. The first kappa shape index (κ1) is 39.6. The monoisotopic (exact) mass is 693 g/mol. The van der Waals surface area contributed by atoms with Gasteiger partial charge in [0.05, 0.1) is 0 Å². The Morgan fingerprint density at radius 2 is 0.833 bits per heavy atom. The van der Waals surface area contributed by atoms with Gasteiger partial charge in [0.25, 0.3) is 0 Å². The van der Waals surface area contributed by atoms with Crippen LogP contribution in [0, 0.1) is 0 Å². The van der Waals surface area contributed by atoms with Crippen LogP contribution in [-0.2, 0) is 85.7 Å². The lowest BCUT2D eigenvalue weighted by atomic mass is 9.96. The minimum Gasteiger partial charge on any atom is -0.463 e. The van der Waals surface area contributed by atoms with Gasteiger partial charge in [0.2, 0.25) is 6.29 Å². The Labute approximate surface area is 274 Å². The summed E-state index contributed by atoms with van der Waals surface area (Å²) in [6.07, 6.45) is -17.7. The van der Waals surface area contributed by atoms with Crippen molar-refractivity contribution in [3.05, 3.63) is 0 Å². The molecule has 2 aliphatic rings. The van der Waals surface area contributed by atoms with Gasteiger partial charge in [0.1, 0.15) is 25.4 Å². The van der Waals surface area contributed by atoms with Crippen LogP contribution in [0.15, 0.2) is 0 Å². The van der Waals surface area contributed by atoms with E-state index in [9.17, 15) is 38.4 Å². The van der Waals surface area contributed by atoms with Crippen molar-refractivity contribution in [3.63, 3.8) is 0 Å². The molecule has 0 aromatic heterocycles. The molecule has 10 atom stereocenters. The average Bonchev–Trinajstić information content (AvgIpc) is 2.95. The normalized spacial score (nSPS) is 29.6. The van der Waals surface area contributed by atoms with Gasteiger partial charge in [-0.15, -0.1) is 0 Å². The van der Waals surface area contributed by atoms with E-state index >= 15 is 0 Å². The van der Waals surface area contributed by atoms with Gasteiger partial charge in [-0.05, 0) is 0 Å². The zero-order valence-corrected chi connectivity index (χ0v) is 27.4. The lowest BCUT2D eigenvalue weighted by Gasteiger charge is -2.48. The maximum absolute atomic E-state index is 12.3. The van der Waals surface area contributed by atoms with Gasteiger partial charge < -0.3 is 57.4 Å². The quantitative estimate of drug-likeness (QED) is 0.189. The van der Waals surface area contributed by atoms with Crippen LogP contribution in [0.2, 0.25) is 0 Å². The minimum atomic E-state index is -1.88. The summed E-state index contributed by atoms with van der Waals surface area (Å²) in [6, 6.07) is 0. The lowest BCUT2D eigenvalue weighted by molar-refractivity contribution is -0.363. The van der Waals surface area contributed by atoms with Gasteiger partial charge >= 0.3 is 47.9 Å². The molecule has 2 fully saturated rings. The van der Waals surface area contributed by atoms with Crippen LogP contribution in [0.25, 0.3) is 0 Å². The van der Waals surface area contributed by atoms with E-state index < -0.39 is 123 Å². The number of hydrogen-bond donors (Lipinski definition) is 1. The topological polar surface area (TPSA) is 250 Å². The number of carbonyl (C=O) groups excluding carboxylic acids is 8. The molecule has 270 valence electrons. The third kappa shape index (κ3) is 11.9. The largest absolute Gasteiger partial charge is 0.463 e. The summed E-state index contributed by atoms with van der Waals surface area (Å²) >= 11 is 0. The molecule has 0 bridgehead atoms. The molecular weight excluding hydrogens is 654 g/mol. The van der Waals surface area contributed by atoms with Crippen molar-refractivity contribution in [1.29, 1.82) is 0 Å². The van der Waals surface area contributed by atoms with Crippen molar-refractivity contribution >= 4 is 47.9 Å². The Morgan fingerprint density at radius 3 is 1.25 bits per heavy atom. The van der Waals surface area contributed by atoms with E-state index in [2.05, 4.69) is 5.32 Å². The van der Waals surface area contributed by atoms with Crippen LogP contribution in [-0.4, -0.2) is 130 Å². The number of alkyl carbamates (subject to hydrolysis) is 1. The summed E-state index contributed by atoms with van der Waals surface area (Å²) in [7, 11) is 1.23. The SMILES string of the molecule is CNC(=O)O[C@H]1[C@H](OC(C)=O)[C@H](OC(C)=O)[C@H](O[C@H]2[C@@H](OC(C)=O)O[C@H](COC(C)=O)[C@H](OC(C)=O)[C@H]2OC(C)=O)O[C@@H]1COC(C)=O. The van der Waals surface area contributed by atoms with Crippen LogP contribution >= 0.6 is 0 Å². The van der Waals surface area contributed by atoms with Crippen LogP contribution in [0.3, 0.4) is 0 Å². The number of ether oxygens (including phenoxy) is 11. The van der Waals surface area contributed by atoms with Crippen molar-refractivity contribution in [2.45, 2.75) is 110 Å². The molecule has 2 aliphatic heterocycles. The van der Waals surface area contributed by atoms with E-state index in [0.717, 1.165) is 48.5 Å². The van der Waals surface area contributed by atoms with Gasteiger partial charge in [0, 0.05) is 55.5 Å². The van der Waals surface area contributed by atoms with Crippen LogP contribution in [0.4, 0.5) is 4.79 Å². The second-order valence-corrected chi connectivity index (χ2v) is 10.3. The van der Waals surface area contributed by atoms with Gasteiger partial charge in [-0.25, -0.2) is 4.79 Å². The predicted molar refractivity (Wildman–Crippen MR) is 149 cm³/mol. The highest BCUT2D eigenvalue weighted by atomic mass is 16.8. The molecular formula is C28H39NO19. The second-order valence-electron chi connectivity index (χ2n) is 10.3. The Bertz CT molecular complexity index is 1220. The zero-order valence-electron chi connectivity index (χ0n) is 27.4. The first-order valence-corrected chi connectivity index (χ1v) is 14.4. The highest BCUT2D eigenvalue weighted by Gasteiger charge is 2.58. The Kier molecular flexibility index (Phi) is 14.9. The Morgan fingerprint density at radius 1 is 0.458 bits per heavy atom.